The number of hydrogen-bond acceptors (Lipinski definition) is 5. The van der Waals surface area contributed by atoms with E-state index in [0.29, 0.717) is 11.8 Å². The molecule has 0 N–H and O–H groups in total. The van der Waals surface area contributed by atoms with Gasteiger partial charge in [0.05, 0.1) is 21.6 Å². The quantitative estimate of drug-likeness (QED) is 0.681. The van der Waals surface area contributed by atoms with Crippen molar-refractivity contribution in [3.8, 4) is 0 Å². The molecule has 0 atom stereocenters. The third-order valence-electron chi connectivity index (χ3n) is 3.76. The molecular weight excluding hydrogens is 328 g/mol. The zero-order valence-electron chi connectivity index (χ0n) is 12.9. The Labute approximate surface area is 138 Å². The molecule has 0 aliphatic rings. The summed E-state index contributed by atoms with van der Waals surface area (Å²) >= 11 is 0. The van der Waals surface area contributed by atoms with Crippen LogP contribution in [-0.4, -0.2) is 14.7 Å². The van der Waals surface area contributed by atoms with Gasteiger partial charge in [0, 0.05) is 5.56 Å². The monoisotopic (exact) mass is 342 g/mol. The summed E-state index contributed by atoms with van der Waals surface area (Å²) in [6, 6.07) is 11.2. The molecule has 6 heteroatoms. The van der Waals surface area contributed by atoms with Crippen molar-refractivity contribution < 1.29 is 17.6 Å². The van der Waals surface area contributed by atoms with Gasteiger partial charge in [-0.1, -0.05) is 29.8 Å². The molecule has 0 spiro atoms. The van der Waals surface area contributed by atoms with Gasteiger partial charge in [-0.2, -0.15) is 0 Å². The molecule has 3 aromatic rings. The third kappa shape index (κ3) is 2.88. The van der Waals surface area contributed by atoms with Crippen molar-refractivity contribution in [3.05, 3.63) is 75.6 Å². The number of sulfone groups is 1. The molecule has 0 fully saturated rings. The standard InChI is InChI=1S/C18H14O5S/c1-12-5-7-15(8-6-12)24(21,22)11-13-3-2-4-16-17(20)14(9-19)10-23-18(13)16/h2-10H,11H2,1H3. The second kappa shape index (κ2) is 6.05. The molecule has 0 unspecified atom stereocenters. The second-order valence-corrected chi connectivity index (χ2v) is 7.49. The average Bonchev–Trinajstić information content (AvgIpc) is 2.56. The van der Waals surface area contributed by atoms with Gasteiger partial charge < -0.3 is 4.42 Å². The summed E-state index contributed by atoms with van der Waals surface area (Å²) < 4.78 is 30.5. The molecule has 24 heavy (non-hydrogen) atoms. The van der Waals surface area contributed by atoms with Crippen molar-refractivity contribution in [1.29, 1.82) is 0 Å². The molecule has 0 aliphatic heterocycles. The van der Waals surface area contributed by atoms with E-state index >= 15 is 0 Å². The predicted molar refractivity (Wildman–Crippen MR) is 89.9 cm³/mol. The summed E-state index contributed by atoms with van der Waals surface area (Å²) in [7, 11) is -3.58. The summed E-state index contributed by atoms with van der Waals surface area (Å²) in [4.78, 5) is 23.2. The Morgan fingerprint density at radius 3 is 2.46 bits per heavy atom. The van der Waals surface area contributed by atoms with Gasteiger partial charge in [-0.05, 0) is 25.1 Å². The van der Waals surface area contributed by atoms with E-state index in [2.05, 4.69) is 0 Å². The number of fused-ring (bicyclic) bond motifs is 1. The van der Waals surface area contributed by atoms with E-state index in [0.717, 1.165) is 11.8 Å². The SMILES string of the molecule is Cc1ccc(S(=O)(=O)Cc2cccc3c(=O)c(C=O)coc23)cc1. The Bertz CT molecular complexity index is 1080. The minimum absolute atomic E-state index is 0.0963. The lowest BCUT2D eigenvalue weighted by molar-refractivity contribution is 0.112. The lowest BCUT2D eigenvalue weighted by Crippen LogP contribution is -2.10. The minimum atomic E-state index is -3.58. The maximum Gasteiger partial charge on any atom is 0.203 e. The Morgan fingerprint density at radius 2 is 1.79 bits per heavy atom. The summed E-state index contributed by atoms with van der Waals surface area (Å²) in [5, 5.41) is 0.191. The molecule has 5 nitrogen and oxygen atoms in total. The Hall–Kier alpha value is -2.73. The number of aryl methyl sites for hydroxylation is 1. The van der Waals surface area contributed by atoms with E-state index in [-0.39, 0.29) is 27.2 Å². The minimum Gasteiger partial charge on any atom is -0.463 e. The van der Waals surface area contributed by atoms with Crippen LogP contribution in [0.2, 0.25) is 0 Å². The van der Waals surface area contributed by atoms with Crippen LogP contribution in [0.4, 0.5) is 0 Å². The lowest BCUT2D eigenvalue weighted by Gasteiger charge is -2.07. The van der Waals surface area contributed by atoms with Crippen molar-refractivity contribution in [2.45, 2.75) is 17.6 Å². The first kappa shape index (κ1) is 16.1. The smallest absolute Gasteiger partial charge is 0.203 e. The van der Waals surface area contributed by atoms with Crippen LogP contribution >= 0.6 is 0 Å². The van der Waals surface area contributed by atoms with Gasteiger partial charge in [0.15, 0.2) is 16.1 Å². The number of benzene rings is 2. The first-order chi connectivity index (χ1) is 11.4. The van der Waals surface area contributed by atoms with E-state index in [4.69, 9.17) is 4.42 Å². The molecule has 3 rings (SSSR count). The fraction of sp³-hybridized carbons (Fsp3) is 0.111. The molecular formula is C18H14O5S. The third-order valence-corrected chi connectivity index (χ3v) is 5.44. The van der Waals surface area contributed by atoms with Gasteiger partial charge >= 0.3 is 0 Å². The van der Waals surface area contributed by atoms with Gasteiger partial charge in [0.1, 0.15) is 11.8 Å². The van der Waals surface area contributed by atoms with Gasteiger partial charge in [0.2, 0.25) is 5.43 Å². The molecule has 122 valence electrons. The van der Waals surface area contributed by atoms with Gasteiger partial charge in [-0.25, -0.2) is 8.42 Å². The Kier molecular flexibility index (Phi) is 4.07. The summed E-state index contributed by atoms with van der Waals surface area (Å²) in [5.74, 6) is -0.295. The molecule has 0 radical (unpaired) electrons. The van der Waals surface area contributed by atoms with Crippen LogP contribution in [0.5, 0.6) is 0 Å². The molecule has 1 heterocycles. The molecule has 0 saturated carbocycles. The van der Waals surface area contributed by atoms with Crippen LogP contribution in [0, 0.1) is 6.92 Å². The Morgan fingerprint density at radius 1 is 1.08 bits per heavy atom. The van der Waals surface area contributed by atoms with Crippen molar-refractivity contribution in [3.63, 3.8) is 0 Å². The van der Waals surface area contributed by atoms with E-state index < -0.39 is 15.3 Å². The summed E-state index contributed by atoms with van der Waals surface area (Å²) in [6.45, 7) is 1.88. The molecule has 0 amide bonds. The zero-order chi connectivity index (χ0) is 17.3. The van der Waals surface area contributed by atoms with Crippen LogP contribution in [0.1, 0.15) is 21.5 Å². The van der Waals surface area contributed by atoms with Gasteiger partial charge in [-0.15, -0.1) is 0 Å². The largest absolute Gasteiger partial charge is 0.463 e. The fourth-order valence-electron chi connectivity index (χ4n) is 2.46. The van der Waals surface area contributed by atoms with E-state index in [9.17, 15) is 18.0 Å². The van der Waals surface area contributed by atoms with Gasteiger partial charge in [-0.3, -0.25) is 9.59 Å². The van der Waals surface area contributed by atoms with Crippen LogP contribution in [-0.2, 0) is 15.6 Å². The molecule has 0 bridgehead atoms. The predicted octanol–water partition coefficient (Wildman–Crippen LogP) is 2.89. The highest BCUT2D eigenvalue weighted by Crippen LogP contribution is 2.22. The number of hydrogen-bond donors (Lipinski definition) is 0. The summed E-state index contributed by atoms with van der Waals surface area (Å²) in [6.07, 6.45) is 1.47. The van der Waals surface area contributed by atoms with Crippen molar-refractivity contribution in [2.75, 3.05) is 0 Å². The van der Waals surface area contributed by atoms with Crippen LogP contribution in [0.3, 0.4) is 0 Å². The van der Waals surface area contributed by atoms with Crippen LogP contribution in [0.25, 0.3) is 11.0 Å². The maximum atomic E-state index is 12.6. The topological polar surface area (TPSA) is 81.4 Å². The van der Waals surface area contributed by atoms with Crippen molar-refractivity contribution in [2.24, 2.45) is 0 Å². The maximum absolute atomic E-state index is 12.6. The van der Waals surface area contributed by atoms with Crippen LogP contribution < -0.4 is 5.43 Å². The first-order valence-electron chi connectivity index (χ1n) is 7.20. The normalized spacial score (nSPS) is 11.5. The van der Waals surface area contributed by atoms with E-state index in [1.165, 1.54) is 6.07 Å². The van der Waals surface area contributed by atoms with E-state index in [1.807, 2.05) is 6.92 Å². The number of carbonyl (C=O) groups excluding carboxylic acids is 1. The molecule has 0 saturated heterocycles. The zero-order valence-corrected chi connectivity index (χ0v) is 13.7. The van der Waals surface area contributed by atoms with Crippen molar-refractivity contribution in [1.82, 2.24) is 0 Å². The first-order valence-corrected chi connectivity index (χ1v) is 8.85. The second-order valence-electron chi connectivity index (χ2n) is 5.50. The number of rotatable bonds is 4. The number of aldehydes is 1. The van der Waals surface area contributed by atoms with Crippen molar-refractivity contribution >= 4 is 27.1 Å². The average molecular weight is 342 g/mol. The highest BCUT2D eigenvalue weighted by Gasteiger charge is 2.19. The lowest BCUT2D eigenvalue weighted by atomic mass is 10.1. The highest BCUT2D eigenvalue weighted by molar-refractivity contribution is 7.90. The Balaban J connectivity index is 2.10. The number of para-hydroxylation sites is 1. The van der Waals surface area contributed by atoms with E-state index in [1.54, 1.807) is 36.4 Å². The fourth-order valence-corrected chi connectivity index (χ4v) is 3.82. The van der Waals surface area contributed by atoms with Crippen LogP contribution in [0.15, 0.2) is 62.8 Å². The van der Waals surface area contributed by atoms with Gasteiger partial charge in [0.25, 0.3) is 0 Å². The highest BCUT2D eigenvalue weighted by atomic mass is 32.2. The molecule has 1 aromatic heterocycles. The number of carbonyl (C=O) groups is 1. The molecule has 2 aromatic carbocycles. The summed E-state index contributed by atoms with van der Waals surface area (Å²) in [5.41, 5.74) is 0.958. The molecule has 0 aliphatic carbocycles.